The Bertz CT molecular complexity index is 899. The first-order chi connectivity index (χ1) is 15.6. The SMILES string of the molecule is CC(C)(C)Oc1ccc(C(O)CC(F)(F)C(F)(F)C(F)(F)C(F)(F)C(F)(F)C(F)(F)C(F)(F)F)cc1. The summed E-state index contributed by atoms with van der Waals surface area (Å²) in [7, 11) is 0. The van der Waals surface area contributed by atoms with E-state index in [1.807, 2.05) is 0 Å². The molecule has 0 aliphatic rings. The lowest BCUT2D eigenvalue weighted by Gasteiger charge is -2.41. The van der Waals surface area contributed by atoms with Crippen LogP contribution < -0.4 is 4.74 Å². The van der Waals surface area contributed by atoms with Crippen molar-refractivity contribution in [2.24, 2.45) is 0 Å². The van der Waals surface area contributed by atoms with Crippen molar-refractivity contribution in [2.75, 3.05) is 0 Å². The molecular formula is C19H17F15O2. The van der Waals surface area contributed by atoms with Crippen LogP contribution in [0.4, 0.5) is 65.9 Å². The van der Waals surface area contributed by atoms with E-state index in [2.05, 4.69) is 0 Å². The molecule has 0 aromatic heterocycles. The summed E-state index contributed by atoms with van der Waals surface area (Å²) < 4.78 is 204. The zero-order valence-corrected chi connectivity index (χ0v) is 18.1. The minimum Gasteiger partial charge on any atom is -0.488 e. The van der Waals surface area contributed by atoms with Crippen molar-refractivity contribution in [3.63, 3.8) is 0 Å². The van der Waals surface area contributed by atoms with Crippen LogP contribution in [0.25, 0.3) is 0 Å². The number of benzene rings is 1. The number of aliphatic hydroxyl groups is 1. The predicted octanol–water partition coefficient (Wildman–Crippen LogP) is 7.66. The number of hydrogen-bond acceptors (Lipinski definition) is 2. The number of halogens is 15. The van der Waals surface area contributed by atoms with Gasteiger partial charge in [0.1, 0.15) is 11.4 Å². The average Bonchev–Trinajstić information content (AvgIpc) is 2.65. The first-order valence-corrected chi connectivity index (χ1v) is 9.37. The number of aliphatic hydroxyl groups excluding tert-OH is 1. The quantitative estimate of drug-likeness (QED) is 0.313. The first kappa shape index (κ1) is 32.0. The molecule has 0 radical (unpaired) electrons. The van der Waals surface area contributed by atoms with Gasteiger partial charge < -0.3 is 9.84 Å². The molecule has 0 fully saturated rings. The van der Waals surface area contributed by atoms with Gasteiger partial charge in [-0.05, 0) is 38.5 Å². The van der Waals surface area contributed by atoms with E-state index in [4.69, 9.17) is 4.74 Å². The molecule has 1 unspecified atom stereocenters. The zero-order valence-electron chi connectivity index (χ0n) is 18.1. The lowest BCUT2D eigenvalue weighted by molar-refractivity contribution is -0.453. The third-order valence-electron chi connectivity index (χ3n) is 4.53. The summed E-state index contributed by atoms with van der Waals surface area (Å²) in [5.74, 6) is -47.0. The average molecular weight is 562 g/mol. The molecule has 0 aliphatic carbocycles. The van der Waals surface area contributed by atoms with Gasteiger partial charge >= 0.3 is 41.7 Å². The molecule has 0 saturated heterocycles. The van der Waals surface area contributed by atoms with Gasteiger partial charge in [0.2, 0.25) is 0 Å². The normalized spacial score (nSPS) is 16.2. The molecule has 0 heterocycles. The monoisotopic (exact) mass is 562 g/mol. The van der Waals surface area contributed by atoms with Crippen LogP contribution in [0, 0.1) is 0 Å². The Hall–Kier alpha value is -2.07. The molecule has 1 aromatic carbocycles. The van der Waals surface area contributed by atoms with Gasteiger partial charge in [-0.15, -0.1) is 0 Å². The second-order valence-electron chi connectivity index (χ2n) is 8.58. The van der Waals surface area contributed by atoms with Crippen molar-refractivity contribution in [3.05, 3.63) is 29.8 Å². The second-order valence-corrected chi connectivity index (χ2v) is 8.58. The van der Waals surface area contributed by atoms with Crippen LogP contribution in [-0.2, 0) is 0 Å². The molecule has 1 N–H and O–H groups in total. The maximum atomic E-state index is 14.0. The van der Waals surface area contributed by atoms with Gasteiger partial charge in [-0.1, -0.05) is 12.1 Å². The van der Waals surface area contributed by atoms with Gasteiger partial charge in [0.25, 0.3) is 0 Å². The molecule has 17 heteroatoms. The van der Waals surface area contributed by atoms with Crippen LogP contribution in [0.2, 0.25) is 0 Å². The Labute approximate surface area is 193 Å². The van der Waals surface area contributed by atoms with Gasteiger partial charge in [0, 0.05) is 6.42 Å². The second kappa shape index (κ2) is 9.04. The highest BCUT2D eigenvalue weighted by atomic mass is 19.4. The lowest BCUT2D eigenvalue weighted by Crippen LogP contribution is -2.72. The van der Waals surface area contributed by atoms with Crippen LogP contribution in [-0.4, -0.2) is 52.4 Å². The summed E-state index contributed by atoms with van der Waals surface area (Å²) in [6.45, 7) is 4.72. The molecule has 1 rings (SSSR count). The standard InChI is InChI=1S/C19H17F15O2/c1-12(2,3)36-10-6-4-9(5-7-10)11(35)8-13(20,21)14(22,23)15(24,25)16(26,27)17(28,29)18(30,31)19(32,33)34/h4-7,11,35H,8H2,1-3H3. The van der Waals surface area contributed by atoms with Crippen molar-refractivity contribution in [1.82, 2.24) is 0 Å². The van der Waals surface area contributed by atoms with E-state index in [1.54, 1.807) is 20.8 Å². The summed E-state index contributed by atoms with van der Waals surface area (Å²) in [4.78, 5) is 0. The minimum atomic E-state index is -8.36. The van der Waals surface area contributed by atoms with E-state index in [0.717, 1.165) is 24.3 Å². The topological polar surface area (TPSA) is 29.5 Å². The van der Waals surface area contributed by atoms with Crippen molar-refractivity contribution < 1.29 is 75.7 Å². The molecule has 0 aliphatic heterocycles. The summed E-state index contributed by atoms with van der Waals surface area (Å²) in [5.41, 5.74) is -1.51. The predicted molar refractivity (Wildman–Crippen MR) is 92.1 cm³/mol. The molecule has 0 bridgehead atoms. The van der Waals surface area contributed by atoms with Crippen molar-refractivity contribution >= 4 is 0 Å². The summed E-state index contributed by atoms with van der Waals surface area (Å²) >= 11 is 0. The summed E-state index contributed by atoms with van der Waals surface area (Å²) in [5, 5.41) is 9.70. The fraction of sp³-hybridized carbons (Fsp3) is 0.684. The Kier molecular flexibility index (Phi) is 8.03. The van der Waals surface area contributed by atoms with Crippen LogP contribution in [0.15, 0.2) is 24.3 Å². The molecule has 0 spiro atoms. The van der Waals surface area contributed by atoms with Gasteiger partial charge in [0.15, 0.2) is 0 Å². The summed E-state index contributed by atoms with van der Waals surface area (Å²) in [6, 6.07) is 3.49. The smallest absolute Gasteiger partial charge is 0.460 e. The fourth-order valence-electron chi connectivity index (χ4n) is 2.60. The minimum absolute atomic E-state index is 0.0366. The Morgan fingerprint density at radius 3 is 1.33 bits per heavy atom. The largest absolute Gasteiger partial charge is 0.488 e. The number of alkyl halides is 15. The van der Waals surface area contributed by atoms with E-state index < -0.39 is 65.4 Å². The third-order valence-corrected chi connectivity index (χ3v) is 4.53. The van der Waals surface area contributed by atoms with E-state index in [1.165, 1.54) is 0 Å². The van der Waals surface area contributed by atoms with Gasteiger partial charge in [-0.25, -0.2) is 0 Å². The number of ether oxygens (including phenoxy) is 1. The van der Waals surface area contributed by atoms with Gasteiger partial charge in [-0.2, -0.15) is 65.9 Å². The number of hydrogen-bond donors (Lipinski definition) is 1. The van der Waals surface area contributed by atoms with Crippen LogP contribution in [0.1, 0.15) is 38.9 Å². The van der Waals surface area contributed by atoms with Gasteiger partial charge in [-0.3, -0.25) is 0 Å². The highest BCUT2D eigenvalue weighted by Gasteiger charge is 2.93. The first-order valence-electron chi connectivity index (χ1n) is 9.37. The molecule has 1 aromatic rings. The fourth-order valence-corrected chi connectivity index (χ4v) is 2.60. The van der Waals surface area contributed by atoms with Crippen molar-refractivity contribution in [3.8, 4) is 5.75 Å². The molecule has 1 atom stereocenters. The summed E-state index contributed by atoms with van der Waals surface area (Å²) in [6.07, 6.45) is -13.4. The van der Waals surface area contributed by atoms with Crippen LogP contribution in [0.3, 0.4) is 0 Å². The van der Waals surface area contributed by atoms with Crippen LogP contribution in [0.5, 0.6) is 5.75 Å². The molecule has 2 nitrogen and oxygen atoms in total. The van der Waals surface area contributed by atoms with Crippen molar-refractivity contribution in [2.45, 2.75) is 80.6 Å². The maximum absolute atomic E-state index is 14.0. The molecule has 0 amide bonds. The maximum Gasteiger partial charge on any atom is 0.460 e. The van der Waals surface area contributed by atoms with Crippen LogP contribution >= 0.6 is 0 Å². The van der Waals surface area contributed by atoms with E-state index >= 15 is 0 Å². The van der Waals surface area contributed by atoms with E-state index in [-0.39, 0.29) is 5.75 Å². The molecular weight excluding hydrogens is 545 g/mol. The Balaban J connectivity index is 3.34. The highest BCUT2D eigenvalue weighted by molar-refractivity contribution is 5.29. The zero-order chi connectivity index (χ0) is 29.0. The highest BCUT2D eigenvalue weighted by Crippen LogP contribution is 2.63. The number of rotatable bonds is 9. The Morgan fingerprint density at radius 2 is 0.972 bits per heavy atom. The lowest BCUT2D eigenvalue weighted by atomic mass is 9.88. The molecule has 0 saturated carbocycles. The van der Waals surface area contributed by atoms with Crippen molar-refractivity contribution in [1.29, 1.82) is 0 Å². The molecule has 210 valence electrons. The third kappa shape index (κ3) is 5.30. The van der Waals surface area contributed by atoms with Gasteiger partial charge in [0.05, 0.1) is 6.10 Å². The van der Waals surface area contributed by atoms with E-state index in [0.29, 0.717) is 0 Å². The van der Waals surface area contributed by atoms with E-state index in [9.17, 15) is 71.0 Å². The molecule has 36 heavy (non-hydrogen) atoms. The Morgan fingerprint density at radius 1 is 0.611 bits per heavy atom.